The fourth-order valence-electron chi connectivity index (χ4n) is 2.76. The van der Waals surface area contributed by atoms with Crippen LogP contribution in [0.15, 0.2) is 21.2 Å². The third-order valence-corrected chi connectivity index (χ3v) is 4.08. The predicted molar refractivity (Wildman–Crippen MR) is 66.9 cm³/mol. The van der Waals surface area contributed by atoms with Crippen molar-refractivity contribution in [2.24, 2.45) is 0 Å². The highest BCUT2D eigenvalue weighted by atomic mass is 79.9. The van der Waals surface area contributed by atoms with Crippen molar-refractivity contribution in [1.29, 1.82) is 0 Å². The molecule has 1 aromatic rings. The largest absolute Gasteiger partial charge is 0.444 e. The molecule has 2 aliphatic rings. The molecular weight excluding hydrogens is 284 g/mol. The van der Waals surface area contributed by atoms with Crippen LogP contribution < -0.4 is 0 Å². The zero-order valence-corrected chi connectivity index (χ0v) is 11.1. The summed E-state index contributed by atoms with van der Waals surface area (Å²) in [5, 5.41) is 0. The minimum absolute atomic E-state index is 0.0160. The molecule has 5 heteroatoms. The van der Waals surface area contributed by atoms with Gasteiger partial charge >= 0.3 is 0 Å². The number of fused-ring (bicyclic) bond motifs is 1. The first-order valence-corrected chi connectivity index (χ1v) is 6.82. The van der Waals surface area contributed by atoms with E-state index in [9.17, 15) is 4.79 Å². The molecule has 3 heterocycles. The Kier molecular flexibility index (Phi) is 2.96. The van der Waals surface area contributed by atoms with Gasteiger partial charge in [-0.1, -0.05) is 0 Å². The predicted octanol–water partition coefficient (Wildman–Crippen LogP) is 1.96. The summed E-state index contributed by atoms with van der Waals surface area (Å²) in [6.07, 6.45) is 2.48. The molecule has 0 N–H and O–H groups in total. The lowest BCUT2D eigenvalue weighted by atomic mass is 10.1. The first-order valence-electron chi connectivity index (χ1n) is 6.03. The van der Waals surface area contributed by atoms with Gasteiger partial charge in [-0.3, -0.25) is 9.69 Å². The van der Waals surface area contributed by atoms with E-state index in [-0.39, 0.29) is 5.91 Å². The van der Waals surface area contributed by atoms with Crippen LogP contribution in [-0.4, -0.2) is 47.9 Å². The van der Waals surface area contributed by atoms with E-state index in [0.717, 1.165) is 19.6 Å². The fraction of sp³-hybridized carbons (Fsp3) is 0.583. The van der Waals surface area contributed by atoms with Gasteiger partial charge in [-0.05, 0) is 47.4 Å². The van der Waals surface area contributed by atoms with Gasteiger partial charge in [0, 0.05) is 25.7 Å². The number of amides is 1. The van der Waals surface area contributed by atoms with Gasteiger partial charge in [0.25, 0.3) is 5.91 Å². The van der Waals surface area contributed by atoms with Crippen LogP contribution in [0.25, 0.3) is 0 Å². The Morgan fingerprint density at radius 3 is 3.00 bits per heavy atom. The van der Waals surface area contributed by atoms with Gasteiger partial charge in [-0.15, -0.1) is 0 Å². The number of rotatable bonds is 1. The van der Waals surface area contributed by atoms with Crippen LogP contribution in [0.1, 0.15) is 23.4 Å². The number of carbonyl (C=O) groups excluding carboxylic acids is 1. The normalized spacial score (nSPS) is 25.0. The third kappa shape index (κ3) is 2.13. The van der Waals surface area contributed by atoms with E-state index in [1.54, 1.807) is 12.1 Å². The first kappa shape index (κ1) is 11.3. The van der Waals surface area contributed by atoms with Crippen molar-refractivity contribution in [2.45, 2.75) is 18.9 Å². The second-order valence-electron chi connectivity index (χ2n) is 4.69. The standard InChI is InChI=1S/C12H15BrN2O2/c13-11-4-3-10(17-11)12(16)15-7-6-14-5-1-2-9(14)8-15/h3-4,9H,1-2,5-8H2/t9-/m0/s1. The number of piperazine rings is 1. The topological polar surface area (TPSA) is 36.7 Å². The maximum absolute atomic E-state index is 12.2. The van der Waals surface area contributed by atoms with Crippen LogP contribution in [0, 0.1) is 0 Å². The van der Waals surface area contributed by atoms with Crippen LogP contribution in [0.3, 0.4) is 0 Å². The average molecular weight is 299 g/mol. The van der Waals surface area contributed by atoms with Crippen molar-refractivity contribution in [3.63, 3.8) is 0 Å². The molecule has 92 valence electrons. The first-order chi connectivity index (χ1) is 8.24. The number of carbonyl (C=O) groups is 1. The molecule has 0 spiro atoms. The highest BCUT2D eigenvalue weighted by Gasteiger charge is 2.33. The van der Waals surface area contributed by atoms with E-state index in [1.807, 2.05) is 4.90 Å². The summed E-state index contributed by atoms with van der Waals surface area (Å²) in [5.74, 6) is 0.450. The lowest BCUT2D eigenvalue weighted by Crippen LogP contribution is -2.51. The van der Waals surface area contributed by atoms with Gasteiger partial charge in [0.15, 0.2) is 10.4 Å². The summed E-state index contributed by atoms with van der Waals surface area (Å²) in [7, 11) is 0. The highest BCUT2D eigenvalue weighted by Crippen LogP contribution is 2.23. The molecular formula is C12H15BrN2O2. The Labute approximate surface area is 109 Å². The van der Waals surface area contributed by atoms with E-state index in [4.69, 9.17) is 4.42 Å². The van der Waals surface area contributed by atoms with Crippen LogP contribution in [0.2, 0.25) is 0 Å². The lowest BCUT2D eigenvalue weighted by molar-refractivity contribution is 0.0540. The number of hydrogen-bond acceptors (Lipinski definition) is 3. The number of furan rings is 1. The molecule has 0 unspecified atom stereocenters. The summed E-state index contributed by atoms with van der Waals surface area (Å²) in [6, 6.07) is 4.05. The third-order valence-electron chi connectivity index (χ3n) is 3.66. The molecule has 3 rings (SSSR count). The number of halogens is 1. The molecule has 1 amide bonds. The zero-order chi connectivity index (χ0) is 11.8. The SMILES string of the molecule is O=C(c1ccc(Br)o1)N1CCN2CCC[C@H]2C1. The maximum Gasteiger partial charge on any atom is 0.289 e. The molecule has 0 aromatic carbocycles. The zero-order valence-electron chi connectivity index (χ0n) is 9.56. The molecule has 0 aliphatic carbocycles. The monoisotopic (exact) mass is 298 g/mol. The summed E-state index contributed by atoms with van der Waals surface area (Å²) in [5.41, 5.74) is 0. The Morgan fingerprint density at radius 2 is 2.24 bits per heavy atom. The second-order valence-corrected chi connectivity index (χ2v) is 5.47. The van der Waals surface area contributed by atoms with Gasteiger partial charge in [0.1, 0.15) is 0 Å². The highest BCUT2D eigenvalue weighted by molar-refractivity contribution is 9.10. The molecule has 4 nitrogen and oxygen atoms in total. The minimum Gasteiger partial charge on any atom is -0.444 e. The summed E-state index contributed by atoms with van der Waals surface area (Å²) in [4.78, 5) is 16.6. The van der Waals surface area contributed by atoms with Crippen molar-refractivity contribution in [2.75, 3.05) is 26.2 Å². The van der Waals surface area contributed by atoms with Gasteiger partial charge in [-0.2, -0.15) is 0 Å². The van der Waals surface area contributed by atoms with Crippen molar-refractivity contribution < 1.29 is 9.21 Å². The molecule has 2 aliphatic heterocycles. The Hall–Kier alpha value is -0.810. The van der Waals surface area contributed by atoms with Crippen molar-refractivity contribution in [1.82, 2.24) is 9.80 Å². The molecule has 17 heavy (non-hydrogen) atoms. The molecule has 0 saturated carbocycles. The van der Waals surface area contributed by atoms with Gasteiger partial charge < -0.3 is 9.32 Å². The summed E-state index contributed by atoms with van der Waals surface area (Å²) in [6.45, 7) is 3.85. The van der Waals surface area contributed by atoms with E-state index in [0.29, 0.717) is 16.5 Å². The van der Waals surface area contributed by atoms with Crippen molar-refractivity contribution in [3.05, 3.63) is 22.6 Å². The quantitative estimate of drug-likeness (QED) is 0.795. The molecule has 1 aromatic heterocycles. The van der Waals surface area contributed by atoms with Crippen LogP contribution in [0.5, 0.6) is 0 Å². The van der Waals surface area contributed by atoms with Crippen LogP contribution >= 0.6 is 15.9 Å². The van der Waals surface area contributed by atoms with Crippen LogP contribution in [0.4, 0.5) is 0 Å². The minimum atomic E-state index is 0.0160. The fourth-order valence-corrected chi connectivity index (χ4v) is 3.07. The summed E-state index contributed by atoms with van der Waals surface area (Å²) < 4.78 is 5.93. The average Bonchev–Trinajstić information content (AvgIpc) is 2.95. The van der Waals surface area contributed by atoms with E-state index < -0.39 is 0 Å². The number of hydrogen-bond donors (Lipinski definition) is 0. The second kappa shape index (κ2) is 4.46. The Balaban J connectivity index is 1.70. The molecule has 1 atom stereocenters. The van der Waals surface area contributed by atoms with Gasteiger partial charge in [-0.25, -0.2) is 0 Å². The molecule has 0 bridgehead atoms. The van der Waals surface area contributed by atoms with Gasteiger partial charge in [0.05, 0.1) is 0 Å². The van der Waals surface area contributed by atoms with Crippen LogP contribution in [-0.2, 0) is 0 Å². The Bertz CT molecular complexity index is 432. The maximum atomic E-state index is 12.2. The summed E-state index contributed by atoms with van der Waals surface area (Å²) >= 11 is 3.22. The van der Waals surface area contributed by atoms with Crippen molar-refractivity contribution >= 4 is 21.8 Å². The van der Waals surface area contributed by atoms with E-state index in [1.165, 1.54) is 19.4 Å². The lowest BCUT2D eigenvalue weighted by Gasteiger charge is -2.37. The molecule has 2 fully saturated rings. The van der Waals surface area contributed by atoms with Crippen molar-refractivity contribution in [3.8, 4) is 0 Å². The molecule has 2 saturated heterocycles. The van der Waals surface area contributed by atoms with Gasteiger partial charge in [0.2, 0.25) is 0 Å². The van der Waals surface area contributed by atoms with E-state index >= 15 is 0 Å². The molecule has 0 radical (unpaired) electrons. The smallest absolute Gasteiger partial charge is 0.289 e. The van der Waals surface area contributed by atoms with E-state index in [2.05, 4.69) is 20.8 Å². The number of nitrogens with zero attached hydrogens (tertiary/aromatic N) is 2. The Morgan fingerprint density at radius 1 is 1.35 bits per heavy atom.